The van der Waals surface area contributed by atoms with E-state index in [9.17, 15) is 4.79 Å². The van der Waals surface area contributed by atoms with Crippen LogP contribution in [0.1, 0.15) is 38.3 Å². The van der Waals surface area contributed by atoms with E-state index in [2.05, 4.69) is 50.2 Å². The third-order valence-electron chi connectivity index (χ3n) is 5.77. The Balaban J connectivity index is 2.64. The molecule has 0 saturated heterocycles. The number of amides is 1. The van der Waals surface area contributed by atoms with Crippen molar-refractivity contribution in [1.82, 2.24) is 9.80 Å². The molecule has 2 aromatic rings. The van der Waals surface area contributed by atoms with Gasteiger partial charge in [0.05, 0.1) is 5.41 Å². The van der Waals surface area contributed by atoms with Crippen LogP contribution in [0.2, 0.25) is 0 Å². The van der Waals surface area contributed by atoms with Gasteiger partial charge >= 0.3 is 6.09 Å². The summed E-state index contributed by atoms with van der Waals surface area (Å²) in [5.41, 5.74) is 7.45. The Hall–Kier alpha value is -2.63. The van der Waals surface area contributed by atoms with E-state index in [1.165, 1.54) is 4.90 Å². The van der Waals surface area contributed by atoms with E-state index in [0.717, 1.165) is 17.5 Å². The molecule has 2 rings (SSSR count). The number of hydrogen-bond acceptors (Lipinski definition) is 4. The average molecular weight is 424 g/mol. The molecule has 1 amide bonds. The summed E-state index contributed by atoms with van der Waals surface area (Å²) in [4.78, 5) is 16.7. The molecule has 2 aromatic carbocycles. The molecule has 0 aliphatic rings. The van der Waals surface area contributed by atoms with Gasteiger partial charge in [0, 0.05) is 25.7 Å². The lowest BCUT2D eigenvalue weighted by atomic mass is 9.68. The standard InChI is InChI=1S/C26H37N3O2/c1-7-24(31-25(30)29(6)19-20(2)27)26(18-21(3)28(4)5,22-14-10-8-11-15-22)23-16-12-9-13-17-23/h7-17,20-21H,18-19,27H2,1-6H3/b24-7-. The van der Waals surface area contributed by atoms with E-state index in [1.54, 1.807) is 7.05 Å². The highest BCUT2D eigenvalue weighted by atomic mass is 16.6. The average Bonchev–Trinajstić information content (AvgIpc) is 2.76. The van der Waals surface area contributed by atoms with Crippen molar-refractivity contribution >= 4 is 6.09 Å². The molecule has 0 fully saturated rings. The molecule has 168 valence electrons. The molecule has 0 spiro atoms. The Kier molecular flexibility index (Phi) is 8.84. The predicted octanol–water partition coefficient (Wildman–Crippen LogP) is 4.63. The first-order valence-electron chi connectivity index (χ1n) is 10.8. The van der Waals surface area contributed by atoms with Gasteiger partial charge in [0.2, 0.25) is 0 Å². The zero-order valence-electron chi connectivity index (χ0n) is 19.7. The summed E-state index contributed by atoms with van der Waals surface area (Å²) >= 11 is 0. The second-order valence-electron chi connectivity index (χ2n) is 8.53. The van der Waals surface area contributed by atoms with Gasteiger partial charge in [-0.25, -0.2) is 4.79 Å². The fourth-order valence-corrected chi connectivity index (χ4v) is 3.93. The first kappa shape index (κ1) is 24.6. The van der Waals surface area contributed by atoms with Crippen molar-refractivity contribution in [2.24, 2.45) is 5.73 Å². The van der Waals surface area contributed by atoms with Crippen LogP contribution in [-0.4, -0.2) is 55.7 Å². The van der Waals surface area contributed by atoms with Crippen LogP contribution in [0.5, 0.6) is 0 Å². The molecule has 0 heterocycles. The van der Waals surface area contributed by atoms with Gasteiger partial charge in [-0.1, -0.05) is 60.7 Å². The first-order valence-corrected chi connectivity index (χ1v) is 10.8. The van der Waals surface area contributed by atoms with Gasteiger partial charge in [0.15, 0.2) is 0 Å². The molecular weight excluding hydrogens is 386 g/mol. The highest BCUT2D eigenvalue weighted by Gasteiger charge is 2.42. The number of benzene rings is 2. The summed E-state index contributed by atoms with van der Waals surface area (Å²) in [7, 11) is 5.86. The number of rotatable bonds is 9. The lowest BCUT2D eigenvalue weighted by Gasteiger charge is -2.40. The van der Waals surface area contributed by atoms with E-state index >= 15 is 0 Å². The molecule has 2 unspecified atom stereocenters. The molecule has 2 N–H and O–H groups in total. The maximum atomic E-state index is 13.0. The molecule has 0 bridgehead atoms. The predicted molar refractivity (Wildman–Crippen MR) is 128 cm³/mol. The fourth-order valence-electron chi connectivity index (χ4n) is 3.93. The zero-order chi connectivity index (χ0) is 23.0. The van der Waals surface area contributed by atoms with E-state index in [0.29, 0.717) is 12.3 Å². The van der Waals surface area contributed by atoms with Gasteiger partial charge in [0.25, 0.3) is 0 Å². The number of nitrogens with zero attached hydrogens (tertiary/aromatic N) is 2. The van der Waals surface area contributed by atoms with Crippen LogP contribution < -0.4 is 5.73 Å². The number of carbonyl (C=O) groups is 1. The summed E-state index contributed by atoms with van der Waals surface area (Å²) in [5, 5.41) is 0. The minimum absolute atomic E-state index is 0.131. The third kappa shape index (κ3) is 5.96. The zero-order valence-corrected chi connectivity index (χ0v) is 19.7. The number of hydrogen-bond donors (Lipinski definition) is 1. The van der Waals surface area contributed by atoms with Crippen molar-refractivity contribution in [2.45, 2.75) is 44.7 Å². The van der Waals surface area contributed by atoms with E-state index in [1.807, 2.05) is 56.3 Å². The summed E-state index contributed by atoms with van der Waals surface area (Å²) < 4.78 is 6.09. The summed E-state index contributed by atoms with van der Waals surface area (Å²) in [6, 6.07) is 20.7. The quantitative estimate of drug-likeness (QED) is 0.597. The van der Waals surface area contributed by atoms with Crippen LogP contribution >= 0.6 is 0 Å². The fraction of sp³-hybridized carbons (Fsp3) is 0.423. The Bertz CT molecular complexity index is 808. The Morgan fingerprint density at radius 1 is 1.00 bits per heavy atom. The number of carbonyl (C=O) groups excluding carboxylic acids is 1. The van der Waals surface area contributed by atoms with Crippen LogP contribution in [0, 0.1) is 0 Å². The molecule has 5 heteroatoms. The number of ether oxygens (including phenoxy) is 1. The molecule has 0 aliphatic heterocycles. The van der Waals surface area contributed by atoms with Gasteiger partial charge < -0.3 is 20.3 Å². The minimum Gasteiger partial charge on any atom is -0.414 e. The Labute approximate surface area is 187 Å². The topological polar surface area (TPSA) is 58.8 Å². The molecule has 31 heavy (non-hydrogen) atoms. The Morgan fingerprint density at radius 3 is 1.87 bits per heavy atom. The number of allylic oxidation sites excluding steroid dienone is 2. The minimum atomic E-state index is -0.619. The van der Waals surface area contributed by atoms with E-state index < -0.39 is 11.5 Å². The van der Waals surface area contributed by atoms with Gasteiger partial charge in [-0.2, -0.15) is 0 Å². The normalized spacial score (nSPS) is 14.3. The van der Waals surface area contributed by atoms with Crippen LogP contribution in [-0.2, 0) is 10.2 Å². The second kappa shape index (κ2) is 11.1. The van der Waals surface area contributed by atoms with E-state index in [4.69, 9.17) is 10.5 Å². The third-order valence-corrected chi connectivity index (χ3v) is 5.77. The van der Waals surface area contributed by atoms with Gasteiger partial charge in [-0.05, 0) is 58.5 Å². The van der Waals surface area contributed by atoms with Crippen molar-refractivity contribution in [1.29, 1.82) is 0 Å². The van der Waals surface area contributed by atoms with Crippen molar-refractivity contribution in [2.75, 3.05) is 27.7 Å². The second-order valence-corrected chi connectivity index (χ2v) is 8.53. The molecule has 5 nitrogen and oxygen atoms in total. The van der Waals surface area contributed by atoms with Gasteiger partial charge in [-0.3, -0.25) is 0 Å². The SMILES string of the molecule is C/C=C(\OC(=O)N(C)CC(C)N)C(CC(C)N(C)C)(c1ccccc1)c1ccccc1. The van der Waals surface area contributed by atoms with Crippen LogP contribution in [0.25, 0.3) is 0 Å². The number of nitrogens with two attached hydrogens (primary N) is 1. The molecule has 0 radical (unpaired) electrons. The lowest BCUT2D eigenvalue weighted by molar-refractivity contribution is 0.120. The van der Waals surface area contributed by atoms with Crippen LogP contribution in [0.15, 0.2) is 72.5 Å². The van der Waals surface area contributed by atoms with E-state index in [-0.39, 0.29) is 12.1 Å². The summed E-state index contributed by atoms with van der Waals surface area (Å²) in [5.74, 6) is 0.625. The monoisotopic (exact) mass is 423 g/mol. The maximum Gasteiger partial charge on any atom is 0.414 e. The smallest absolute Gasteiger partial charge is 0.414 e. The maximum absolute atomic E-state index is 13.0. The molecule has 0 aromatic heterocycles. The molecule has 2 atom stereocenters. The summed E-state index contributed by atoms with van der Waals surface area (Å²) in [6.45, 7) is 6.41. The van der Waals surface area contributed by atoms with Crippen molar-refractivity contribution < 1.29 is 9.53 Å². The van der Waals surface area contributed by atoms with Crippen LogP contribution in [0.3, 0.4) is 0 Å². The van der Waals surface area contributed by atoms with Crippen molar-refractivity contribution in [3.63, 3.8) is 0 Å². The first-order chi connectivity index (χ1) is 14.7. The highest BCUT2D eigenvalue weighted by molar-refractivity contribution is 5.69. The highest BCUT2D eigenvalue weighted by Crippen LogP contribution is 2.44. The molecule has 0 saturated carbocycles. The molecular formula is C26H37N3O2. The molecule has 0 aliphatic carbocycles. The van der Waals surface area contributed by atoms with Gasteiger partial charge in [-0.15, -0.1) is 0 Å². The van der Waals surface area contributed by atoms with Gasteiger partial charge in [0.1, 0.15) is 5.76 Å². The lowest BCUT2D eigenvalue weighted by Crippen LogP contribution is -2.42. The van der Waals surface area contributed by atoms with Crippen molar-refractivity contribution in [3.05, 3.63) is 83.6 Å². The largest absolute Gasteiger partial charge is 0.414 e. The Morgan fingerprint density at radius 2 is 1.48 bits per heavy atom. The van der Waals surface area contributed by atoms with Crippen molar-refractivity contribution in [3.8, 4) is 0 Å². The number of likely N-dealkylation sites (N-methyl/N-ethyl adjacent to an activating group) is 1. The van der Waals surface area contributed by atoms with Crippen LogP contribution in [0.4, 0.5) is 4.79 Å². The summed E-state index contributed by atoms with van der Waals surface area (Å²) in [6.07, 6.45) is 2.26.